The number of fused-ring (bicyclic) bond motifs is 1. The fraction of sp³-hybridized carbons (Fsp3) is 0.571. The monoisotopic (exact) mass is 496 g/mol. The molecule has 1 N–H and O–H groups in total. The highest BCUT2D eigenvalue weighted by Gasteiger charge is 2.15. The van der Waals surface area contributed by atoms with Gasteiger partial charge in [-0.15, -0.1) is 34.2 Å². The van der Waals surface area contributed by atoms with Crippen molar-refractivity contribution in [2.24, 2.45) is 4.99 Å². The van der Waals surface area contributed by atoms with Crippen molar-refractivity contribution in [1.29, 1.82) is 0 Å². The lowest BCUT2D eigenvalue weighted by molar-refractivity contribution is 0.475. The van der Waals surface area contributed by atoms with Crippen LogP contribution in [-0.4, -0.2) is 39.2 Å². The number of nitrogens with one attached hydrogen (secondary N) is 1. The minimum absolute atomic E-state index is 0. The summed E-state index contributed by atoms with van der Waals surface area (Å²) in [5, 5.41) is 12.2. The Hall–Kier alpha value is -1.64. The normalized spacial score (nSPS) is 14.0. The maximum absolute atomic E-state index is 4.83. The number of rotatable bonds is 6. The van der Waals surface area contributed by atoms with Crippen molar-refractivity contribution in [3.63, 3.8) is 0 Å². The van der Waals surface area contributed by atoms with Crippen molar-refractivity contribution in [3.8, 4) is 0 Å². The van der Waals surface area contributed by atoms with Gasteiger partial charge in [0.15, 0.2) is 11.8 Å². The van der Waals surface area contributed by atoms with E-state index in [1.54, 1.807) is 0 Å². The summed E-state index contributed by atoms with van der Waals surface area (Å²) in [6.45, 7) is 7.53. The topological polar surface area (TPSA) is 58.3 Å². The molecule has 2 heterocycles. The number of benzene rings is 1. The van der Waals surface area contributed by atoms with Crippen LogP contribution >= 0.6 is 24.0 Å². The molecule has 0 saturated carbocycles. The molecular weight excluding hydrogens is 463 g/mol. The van der Waals surface area contributed by atoms with E-state index in [0.29, 0.717) is 6.54 Å². The zero-order valence-electron chi connectivity index (χ0n) is 17.3. The largest absolute Gasteiger partial charge is 0.357 e. The van der Waals surface area contributed by atoms with E-state index in [-0.39, 0.29) is 24.0 Å². The first-order chi connectivity index (χ1) is 13.2. The van der Waals surface area contributed by atoms with Crippen LogP contribution in [0.4, 0.5) is 0 Å². The average molecular weight is 496 g/mol. The number of hydrogen-bond acceptors (Lipinski definition) is 3. The minimum atomic E-state index is 0. The maximum Gasteiger partial charge on any atom is 0.194 e. The number of aromatic nitrogens is 3. The van der Waals surface area contributed by atoms with Gasteiger partial charge in [0.1, 0.15) is 12.4 Å². The van der Waals surface area contributed by atoms with E-state index in [1.165, 1.54) is 30.4 Å². The Labute approximate surface area is 185 Å². The molecule has 0 unspecified atom stereocenters. The lowest BCUT2D eigenvalue weighted by Crippen LogP contribution is -2.38. The molecular formula is C21H33IN6. The van der Waals surface area contributed by atoms with Crippen molar-refractivity contribution in [2.45, 2.75) is 65.6 Å². The molecule has 0 saturated heterocycles. The van der Waals surface area contributed by atoms with Crippen LogP contribution in [0.25, 0.3) is 0 Å². The van der Waals surface area contributed by atoms with E-state index >= 15 is 0 Å². The van der Waals surface area contributed by atoms with Gasteiger partial charge in [0, 0.05) is 33.1 Å². The molecule has 0 aliphatic carbocycles. The van der Waals surface area contributed by atoms with Crippen molar-refractivity contribution in [1.82, 2.24) is 25.0 Å². The fourth-order valence-electron chi connectivity index (χ4n) is 3.51. The van der Waals surface area contributed by atoms with Crippen LogP contribution in [0.5, 0.6) is 0 Å². The molecule has 0 amide bonds. The Morgan fingerprint density at radius 3 is 2.57 bits per heavy atom. The predicted molar refractivity (Wildman–Crippen MR) is 125 cm³/mol. The number of aliphatic imine (C=N–C) groups is 1. The summed E-state index contributed by atoms with van der Waals surface area (Å²) >= 11 is 0. The van der Waals surface area contributed by atoms with E-state index in [4.69, 9.17) is 4.99 Å². The second-order valence-electron chi connectivity index (χ2n) is 7.19. The van der Waals surface area contributed by atoms with Gasteiger partial charge in [-0.05, 0) is 37.3 Å². The molecule has 1 aromatic carbocycles. The Morgan fingerprint density at radius 1 is 1.11 bits per heavy atom. The first-order valence-electron chi connectivity index (χ1n) is 10.2. The Balaban J connectivity index is 0.00000280. The van der Waals surface area contributed by atoms with Crippen molar-refractivity contribution in [3.05, 3.63) is 47.0 Å². The smallest absolute Gasteiger partial charge is 0.194 e. The molecule has 0 spiro atoms. The van der Waals surface area contributed by atoms with Crippen LogP contribution < -0.4 is 5.32 Å². The van der Waals surface area contributed by atoms with Crippen molar-refractivity contribution >= 4 is 29.9 Å². The molecule has 7 heteroatoms. The quantitative estimate of drug-likeness (QED) is 0.376. The molecule has 0 atom stereocenters. The van der Waals surface area contributed by atoms with Gasteiger partial charge in [0.25, 0.3) is 0 Å². The highest BCUT2D eigenvalue weighted by molar-refractivity contribution is 14.0. The number of guanidine groups is 1. The number of nitrogens with zero attached hydrogens (tertiary/aromatic N) is 5. The summed E-state index contributed by atoms with van der Waals surface area (Å²) in [4.78, 5) is 7.00. The SMILES string of the molecule is CCNC(=NCc1nnc2n1CCCCC2)N(C)Cc1ccc(CC)cc1.I. The lowest BCUT2D eigenvalue weighted by atomic mass is 10.1. The van der Waals surface area contributed by atoms with Crippen LogP contribution in [0.2, 0.25) is 0 Å². The molecule has 1 aliphatic heterocycles. The third-order valence-corrected chi connectivity index (χ3v) is 5.10. The van der Waals surface area contributed by atoms with Crippen LogP contribution in [0.15, 0.2) is 29.3 Å². The average Bonchev–Trinajstić information content (AvgIpc) is 2.92. The summed E-state index contributed by atoms with van der Waals surface area (Å²) < 4.78 is 2.27. The van der Waals surface area contributed by atoms with Crippen molar-refractivity contribution < 1.29 is 0 Å². The Kier molecular flexibility index (Phi) is 9.21. The highest BCUT2D eigenvalue weighted by Crippen LogP contribution is 2.15. The zero-order chi connectivity index (χ0) is 19.1. The molecule has 2 aromatic rings. The van der Waals surface area contributed by atoms with Gasteiger partial charge < -0.3 is 14.8 Å². The van der Waals surface area contributed by atoms with Crippen LogP contribution in [0, 0.1) is 0 Å². The van der Waals surface area contributed by atoms with E-state index in [1.807, 2.05) is 0 Å². The van der Waals surface area contributed by atoms with Gasteiger partial charge in [0.2, 0.25) is 0 Å². The molecule has 0 radical (unpaired) electrons. The second-order valence-corrected chi connectivity index (χ2v) is 7.19. The molecule has 1 aromatic heterocycles. The first-order valence-corrected chi connectivity index (χ1v) is 10.2. The molecule has 6 nitrogen and oxygen atoms in total. The highest BCUT2D eigenvalue weighted by atomic mass is 127. The molecule has 1 aliphatic rings. The molecule has 0 bridgehead atoms. The van der Waals surface area contributed by atoms with Crippen LogP contribution in [0.1, 0.15) is 55.9 Å². The van der Waals surface area contributed by atoms with Gasteiger partial charge in [0.05, 0.1) is 0 Å². The summed E-state index contributed by atoms with van der Waals surface area (Å²) in [5.74, 6) is 3.00. The van der Waals surface area contributed by atoms with Crippen LogP contribution in [-0.2, 0) is 32.5 Å². The summed E-state index contributed by atoms with van der Waals surface area (Å²) in [6.07, 6.45) is 5.79. The molecule has 28 heavy (non-hydrogen) atoms. The van der Waals surface area contributed by atoms with Gasteiger partial charge in [-0.2, -0.15) is 0 Å². The third kappa shape index (κ3) is 5.93. The molecule has 3 rings (SSSR count). The molecule has 0 fully saturated rings. The molecule has 154 valence electrons. The lowest BCUT2D eigenvalue weighted by Gasteiger charge is -2.22. The summed E-state index contributed by atoms with van der Waals surface area (Å²) in [7, 11) is 2.08. The second kappa shape index (κ2) is 11.4. The number of aryl methyl sites for hydroxylation is 2. The summed E-state index contributed by atoms with van der Waals surface area (Å²) in [6, 6.07) is 8.83. The summed E-state index contributed by atoms with van der Waals surface area (Å²) in [5.41, 5.74) is 2.66. The van der Waals surface area contributed by atoms with E-state index < -0.39 is 0 Å². The Bertz CT molecular complexity index is 753. The van der Waals surface area contributed by atoms with Gasteiger partial charge in [-0.25, -0.2) is 4.99 Å². The van der Waals surface area contributed by atoms with Gasteiger partial charge >= 0.3 is 0 Å². The zero-order valence-corrected chi connectivity index (χ0v) is 19.6. The van der Waals surface area contributed by atoms with Gasteiger partial charge in [-0.3, -0.25) is 0 Å². The van der Waals surface area contributed by atoms with E-state index in [0.717, 1.165) is 50.1 Å². The fourth-order valence-corrected chi connectivity index (χ4v) is 3.51. The van der Waals surface area contributed by atoms with E-state index in [9.17, 15) is 0 Å². The minimum Gasteiger partial charge on any atom is -0.357 e. The number of hydrogen-bond donors (Lipinski definition) is 1. The number of halogens is 1. The standard InChI is InChI=1S/C21H32N6.HI/c1-4-17-10-12-18(13-11-17)16-26(3)21(22-5-2)23-15-20-25-24-19-9-7-6-8-14-27(19)20;/h10-13H,4-9,14-16H2,1-3H3,(H,22,23);1H. The van der Waals surface area contributed by atoms with Crippen LogP contribution in [0.3, 0.4) is 0 Å². The first kappa shape index (κ1) is 22.6. The van der Waals surface area contributed by atoms with Gasteiger partial charge in [-0.1, -0.05) is 37.6 Å². The van der Waals surface area contributed by atoms with Crippen molar-refractivity contribution in [2.75, 3.05) is 13.6 Å². The third-order valence-electron chi connectivity index (χ3n) is 5.10. The predicted octanol–water partition coefficient (Wildman–Crippen LogP) is 3.78. The Morgan fingerprint density at radius 2 is 1.86 bits per heavy atom. The maximum atomic E-state index is 4.83. The van der Waals surface area contributed by atoms with E-state index in [2.05, 4.69) is 70.1 Å².